The third-order valence-corrected chi connectivity index (χ3v) is 3.14. The topological polar surface area (TPSA) is 33.1 Å². The predicted molar refractivity (Wildman–Crippen MR) is 72.1 cm³/mol. The van der Waals surface area contributed by atoms with E-state index >= 15 is 0 Å². The molecule has 1 aromatic carbocycles. The Bertz CT molecular complexity index is 501. The second kappa shape index (κ2) is 5.63. The number of pyridine rings is 1. The fraction of sp³-hybridized carbons (Fsp3) is 0.154. The van der Waals surface area contributed by atoms with E-state index in [1.54, 1.807) is 12.4 Å². The Labute approximate surface area is 113 Å². The molecule has 2 rings (SSSR count). The molecule has 0 amide bonds. The van der Waals surface area contributed by atoms with Crippen LogP contribution in [0.4, 0.5) is 0 Å². The molecule has 1 aromatic heterocycles. The quantitative estimate of drug-likeness (QED) is 0.936. The molecule has 0 bridgehead atoms. The summed E-state index contributed by atoms with van der Waals surface area (Å²) in [4.78, 5) is 4.03. The first-order valence-electron chi connectivity index (χ1n) is 5.18. The molecular weight excluding hydrogens is 302 g/mol. The Hall–Kier alpha value is -0.900. The maximum Gasteiger partial charge on any atom is 0.0845 e. The van der Waals surface area contributed by atoms with Crippen LogP contribution < -0.4 is 0 Å². The summed E-state index contributed by atoms with van der Waals surface area (Å²) in [7, 11) is 0. The number of aromatic nitrogens is 1. The van der Waals surface area contributed by atoms with E-state index in [2.05, 4.69) is 20.9 Å². The molecule has 88 valence electrons. The third kappa shape index (κ3) is 3.53. The Balaban J connectivity index is 2.11. The van der Waals surface area contributed by atoms with Gasteiger partial charge in [0.05, 0.1) is 6.10 Å². The zero-order valence-electron chi connectivity index (χ0n) is 8.98. The van der Waals surface area contributed by atoms with Crippen molar-refractivity contribution in [2.24, 2.45) is 0 Å². The highest BCUT2D eigenvalue weighted by atomic mass is 79.9. The first-order chi connectivity index (χ1) is 8.15. The summed E-state index contributed by atoms with van der Waals surface area (Å²) < 4.78 is 0.866. The normalized spacial score (nSPS) is 12.4. The molecule has 0 radical (unpaired) electrons. The maximum absolute atomic E-state index is 10.1. The van der Waals surface area contributed by atoms with Crippen molar-refractivity contribution >= 4 is 27.5 Å². The summed E-state index contributed by atoms with van der Waals surface area (Å²) in [6, 6.07) is 9.34. The first-order valence-corrected chi connectivity index (χ1v) is 6.35. The number of hydrogen-bond donors (Lipinski definition) is 1. The van der Waals surface area contributed by atoms with E-state index < -0.39 is 6.10 Å². The molecule has 0 aliphatic heterocycles. The van der Waals surface area contributed by atoms with Crippen LogP contribution in [-0.2, 0) is 6.42 Å². The van der Waals surface area contributed by atoms with Crippen molar-refractivity contribution in [1.29, 1.82) is 0 Å². The summed E-state index contributed by atoms with van der Waals surface area (Å²) in [5.41, 5.74) is 1.84. The third-order valence-electron chi connectivity index (χ3n) is 2.45. The van der Waals surface area contributed by atoms with Gasteiger partial charge in [-0.3, -0.25) is 4.98 Å². The summed E-state index contributed by atoms with van der Waals surface area (Å²) in [5, 5.41) is 10.8. The lowest BCUT2D eigenvalue weighted by Crippen LogP contribution is -2.02. The van der Waals surface area contributed by atoms with Gasteiger partial charge in [0, 0.05) is 33.9 Å². The molecule has 0 fully saturated rings. The van der Waals surface area contributed by atoms with E-state index in [0.29, 0.717) is 11.4 Å². The van der Waals surface area contributed by atoms with Gasteiger partial charge in [-0.15, -0.1) is 0 Å². The number of rotatable bonds is 3. The van der Waals surface area contributed by atoms with Crippen molar-refractivity contribution in [1.82, 2.24) is 4.98 Å². The highest BCUT2D eigenvalue weighted by Gasteiger charge is 2.09. The Morgan fingerprint density at radius 1 is 1.24 bits per heavy atom. The van der Waals surface area contributed by atoms with Crippen LogP contribution in [0.3, 0.4) is 0 Å². The lowest BCUT2D eigenvalue weighted by atomic mass is 10.0. The molecule has 1 N–H and O–H groups in total. The smallest absolute Gasteiger partial charge is 0.0845 e. The highest BCUT2D eigenvalue weighted by Crippen LogP contribution is 2.21. The van der Waals surface area contributed by atoms with Crippen LogP contribution in [0.5, 0.6) is 0 Å². The zero-order valence-corrected chi connectivity index (χ0v) is 11.3. The maximum atomic E-state index is 10.1. The van der Waals surface area contributed by atoms with Crippen LogP contribution in [0, 0.1) is 0 Å². The minimum absolute atomic E-state index is 0.551. The van der Waals surface area contributed by atoms with E-state index in [-0.39, 0.29) is 0 Å². The fourth-order valence-corrected chi connectivity index (χ4v) is 2.08. The van der Waals surface area contributed by atoms with Gasteiger partial charge in [-0.25, -0.2) is 0 Å². The van der Waals surface area contributed by atoms with Gasteiger partial charge < -0.3 is 5.11 Å². The largest absolute Gasteiger partial charge is 0.388 e. The van der Waals surface area contributed by atoms with Crippen molar-refractivity contribution in [2.75, 3.05) is 0 Å². The summed E-state index contributed by atoms with van der Waals surface area (Å²) >= 11 is 9.14. The number of benzene rings is 1. The van der Waals surface area contributed by atoms with Crippen LogP contribution in [0.1, 0.15) is 17.2 Å². The van der Waals surface area contributed by atoms with Crippen LogP contribution in [0.15, 0.2) is 47.2 Å². The van der Waals surface area contributed by atoms with Gasteiger partial charge in [-0.2, -0.15) is 0 Å². The fourth-order valence-electron chi connectivity index (χ4n) is 1.57. The first kappa shape index (κ1) is 12.6. The van der Waals surface area contributed by atoms with Gasteiger partial charge in [0.25, 0.3) is 0 Å². The molecule has 2 aromatic rings. The van der Waals surface area contributed by atoms with Crippen LogP contribution in [0.2, 0.25) is 5.02 Å². The van der Waals surface area contributed by atoms with E-state index in [1.807, 2.05) is 30.3 Å². The molecule has 1 heterocycles. The minimum atomic E-state index is -0.554. The molecular formula is C13H11BrClNO. The Kier molecular flexibility index (Phi) is 4.15. The number of aliphatic hydroxyl groups excluding tert-OH is 1. The van der Waals surface area contributed by atoms with Gasteiger partial charge in [0.1, 0.15) is 0 Å². The van der Waals surface area contributed by atoms with Crippen molar-refractivity contribution in [3.63, 3.8) is 0 Å². The summed E-state index contributed by atoms with van der Waals surface area (Å²) in [5.74, 6) is 0. The van der Waals surface area contributed by atoms with E-state index in [4.69, 9.17) is 11.6 Å². The average Bonchev–Trinajstić information content (AvgIpc) is 2.32. The van der Waals surface area contributed by atoms with Crippen molar-refractivity contribution in [3.8, 4) is 0 Å². The van der Waals surface area contributed by atoms with Crippen LogP contribution in [0.25, 0.3) is 0 Å². The van der Waals surface area contributed by atoms with Crippen molar-refractivity contribution < 1.29 is 5.11 Å². The van der Waals surface area contributed by atoms with Crippen molar-refractivity contribution in [3.05, 3.63) is 63.3 Å². The van der Waals surface area contributed by atoms with Crippen molar-refractivity contribution in [2.45, 2.75) is 12.5 Å². The van der Waals surface area contributed by atoms with Crippen LogP contribution in [-0.4, -0.2) is 10.1 Å². The van der Waals surface area contributed by atoms with Gasteiger partial charge >= 0.3 is 0 Å². The van der Waals surface area contributed by atoms with Gasteiger partial charge in [0.2, 0.25) is 0 Å². The second-order valence-electron chi connectivity index (χ2n) is 3.78. The molecule has 2 nitrogen and oxygen atoms in total. The summed E-state index contributed by atoms with van der Waals surface area (Å²) in [6.07, 6.45) is 3.36. The van der Waals surface area contributed by atoms with Gasteiger partial charge in [-0.1, -0.05) is 23.7 Å². The number of hydrogen-bond acceptors (Lipinski definition) is 2. The predicted octanol–water partition coefficient (Wildman–Crippen LogP) is 3.77. The molecule has 0 spiro atoms. The van der Waals surface area contributed by atoms with Crippen LogP contribution >= 0.6 is 27.5 Å². The van der Waals surface area contributed by atoms with Gasteiger partial charge in [-0.05, 0) is 39.7 Å². The lowest BCUT2D eigenvalue weighted by molar-refractivity contribution is 0.178. The summed E-state index contributed by atoms with van der Waals surface area (Å²) in [6.45, 7) is 0. The average molecular weight is 313 g/mol. The Morgan fingerprint density at radius 3 is 2.59 bits per heavy atom. The van der Waals surface area contributed by atoms with E-state index in [1.165, 1.54) is 0 Å². The Morgan fingerprint density at radius 2 is 1.94 bits per heavy atom. The molecule has 1 unspecified atom stereocenters. The SMILES string of the molecule is OC(Cc1ccc(Cl)cc1)c1cncc(Br)c1. The lowest BCUT2D eigenvalue weighted by Gasteiger charge is -2.11. The molecule has 0 aliphatic rings. The molecule has 17 heavy (non-hydrogen) atoms. The minimum Gasteiger partial charge on any atom is -0.388 e. The monoisotopic (exact) mass is 311 g/mol. The number of nitrogens with zero attached hydrogens (tertiary/aromatic N) is 1. The second-order valence-corrected chi connectivity index (χ2v) is 5.13. The number of aliphatic hydroxyl groups is 1. The number of halogens is 2. The molecule has 0 saturated heterocycles. The standard InChI is InChI=1S/C13H11BrClNO/c14-11-6-10(7-16-8-11)13(17)5-9-1-3-12(15)4-2-9/h1-4,6-8,13,17H,5H2. The van der Waals surface area contributed by atoms with E-state index in [9.17, 15) is 5.11 Å². The molecule has 0 saturated carbocycles. The highest BCUT2D eigenvalue weighted by molar-refractivity contribution is 9.10. The molecule has 4 heteroatoms. The molecule has 0 aliphatic carbocycles. The van der Waals surface area contributed by atoms with Gasteiger partial charge in [0.15, 0.2) is 0 Å². The molecule has 1 atom stereocenters. The zero-order chi connectivity index (χ0) is 12.3. The van der Waals surface area contributed by atoms with E-state index in [0.717, 1.165) is 15.6 Å².